The summed E-state index contributed by atoms with van der Waals surface area (Å²) >= 11 is 1.68. The molecule has 5 nitrogen and oxygen atoms in total. The number of aryl methyl sites for hydroxylation is 2. The smallest absolute Gasteiger partial charge is 0.224 e. The van der Waals surface area contributed by atoms with Crippen LogP contribution in [0.3, 0.4) is 0 Å². The molecule has 102 valence electrons. The molecule has 0 aliphatic carbocycles. The van der Waals surface area contributed by atoms with Crippen LogP contribution in [0.2, 0.25) is 0 Å². The molecule has 6 heteroatoms. The van der Waals surface area contributed by atoms with E-state index < -0.39 is 0 Å². The van der Waals surface area contributed by atoms with E-state index in [2.05, 4.69) is 25.2 Å². The van der Waals surface area contributed by atoms with Crippen molar-refractivity contribution in [3.8, 4) is 0 Å². The van der Waals surface area contributed by atoms with Crippen LogP contribution in [0.15, 0.2) is 11.6 Å². The molecule has 0 amide bonds. The Hall–Kier alpha value is -1.69. The van der Waals surface area contributed by atoms with Crippen LogP contribution in [0.4, 0.5) is 11.8 Å². The molecule has 0 saturated carbocycles. The van der Waals surface area contributed by atoms with Crippen molar-refractivity contribution in [3.63, 3.8) is 0 Å². The summed E-state index contributed by atoms with van der Waals surface area (Å²) in [5.41, 5.74) is 3.94. The molecule has 0 aromatic carbocycles. The minimum absolute atomic E-state index is 0.686. The van der Waals surface area contributed by atoms with Gasteiger partial charge in [-0.3, -0.25) is 0 Å². The Kier molecular flexibility index (Phi) is 4.31. The maximum Gasteiger partial charge on any atom is 0.224 e. The Morgan fingerprint density at radius 2 is 2.11 bits per heavy atom. The average Bonchev–Trinajstić information content (AvgIpc) is 2.75. The van der Waals surface area contributed by atoms with Gasteiger partial charge in [0.05, 0.1) is 17.7 Å². The summed E-state index contributed by atoms with van der Waals surface area (Å²) < 4.78 is 0. The lowest BCUT2D eigenvalue weighted by atomic mass is 10.3. The summed E-state index contributed by atoms with van der Waals surface area (Å²) in [6.07, 6.45) is 0. The summed E-state index contributed by atoms with van der Waals surface area (Å²) in [4.78, 5) is 16.5. The van der Waals surface area contributed by atoms with Crippen LogP contribution >= 0.6 is 11.3 Å². The Balaban J connectivity index is 2.18. The van der Waals surface area contributed by atoms with Crippen molar-refractivity contribution in [3.05, 3.63) is 27.8 Å². The van der Waals surface area contributed by atoms with E-state index in [0.717, 1.165) is 30.3 Å². The van der Waals surface area contributed by atoms with E-state index in [1.54, 1.807) is 11.3 Å². The zero-order valence-electron chi connectivity index (χ0n) is 11.8. The molecule has 0 saturated heterocycles. The first-order valence-corrected chi connectivity index (χ1v) is 7.17. The molecule has 0 aliphatic heterocycles. The van der Waals surface area contributed by atoms with Crippen molar-refractivity contribution in [2.24, 2.45) is 0 Å². The molecule has 0 spiro atoms. The van der Waals surface area contributed by atoms with E-state index in [1.165, 1.54) is 4.88 Å². The summed E-state index contributed by atoms with van der Waals surface area (Å²) in [5, 5.41) is 3.16. The Labute approximate surface area is 117 Å². The first-order valence-electron chi connectivity index (χ1n) is 6.29. The standard InChI is InChI=1S/C13H19N5S/c1-5-14-13-16-9(2)6-12(17-13)18(4)7-11-10(3)15-8-19-11/h6,8H,5,7H2,1-4H3,(H,14,16,17). The van der Waals surface area contributed by atoms with E-state index in [-0.39, 0.29) is 0 Å². The maximum absolute atomic E-state index is 4.52. The fourth-order valence-electron chi connectivity index (χ4n) is 1.76. The van der Waals surface area contributed by atoms with E-state index in [1.807, 2.05) is 39.4 Å². The molecule has 1 N–H and O–H groups in total. The predicted molar refractivity (Wildman–Crippen MR) is 79.9 cm³/mol. The second-order valence-electron chi connectivity index (χ2n) is 4.44. The van der Waals surface area contributed by atoms with Crippen LogP contribution in [0.1, 0.15) is 23.2 Å². The summed E-state index contributed by atoms with van der Waals surface area (Å²) in [7, 11) is 2.04. The van der Waals surface area contributed by atoms with Crippen LogP contribution < -0.4 is 10.2 Å². The molecule has 0 fully saturated rings. The van der Waals surface area contributed by atoms with Gasteiger partial charge in [-0.15, -0.1) is 11.3 Å². The lowest BCUT2D eigenvalue weighted by molar-refractivity contribution is 0.888. The van der Waals surface area contributed by atoms with E-state index >= 15 is 0 Å². The number of aromatic nitrogens is 3. The topological polar surface area (TPSA) is 53.9 Å². The maximum atomic E-state index is 4.52. The highest BCUT2D eigenvalue weighted by Gasteiger charge is 2.09. The number of nitrogens with one attached hydrogen (secondary N) is 1. The Morgan fingerprint density at radius 1 is 1.32 bits per heavy atom. The highest BCUT2D eigenvalue weighted by Crippen LogP contribution is 2.19. The number of thiazole rings is 1. The molecular weight excluding hydrogens is 258 g/mol. The van der Waals surface area contributed by atoms with E-state index in [0.29, 0.717) is 5.95 Å². The quantitative estimate of drug-likeness (QED) is 0.910. The molecule has 2 aromatic heterocycles. The fraction of sp³-hybridized carbons (Fsp3) is 0.462. The largest absolute Gasteiger partial charge is 0.354 e. The van der Waals surface area contributed by atoms with Gasteiger partial charge in [0.1, 0.15) is 5.82 Å². The third kappa shape index (κ3) is 3.41. The van der Waals surface area contributed by atoms with Gasteiger partial charge >= 0.3 is 0 Å². The van der Waals surface area contributed by atoms with Gasteiger partial charge in [-0.25, -0.2) is 9.97 Å². The molecule has 0 radical (unpaired) electrons. The number of hydrogen-bond acceptors (Lipinski definition) is 6. The lowest BCUT2D eigenvalue weighted by Gasteiger charge is -2.18. The van der Waals surface area contributed by atoms with E-state index in [4.69, 9.17) is 0 Å². The highest BCUT2D eigenvalue weighted by molar-refractivity contribution is 7.09. The second kappa shape index (κ2) is 5.97. The third-order valence-electron chi connectivity index (χ3n) is 2.79. The van der Waals surface area contributed by atoms with Gasteiger partial charge in [-0.1, -0.05) is 0 Å². The van der Waals surface area contributed by atoms with Crippen molar-refractivity contribution in [1.29, 1.82) is 0 Å². The minimum atomic E-state index is 0.686. The third-order valence-corrected chi connectivity index (χ3v) is 3.71. The molecule has 2 aromatic rings. The summed E-state index contributed by atoms with van der Waals surface area (Å²) in [6.45, 7) is 7.70. The van der Waals surface area contributed by atoms with Gasteiger partial charge < -0.3 is 10.2 Å². The van der Waals surface area contributed by atoms with Crippen LogP contribution in [0.5, 0.6) is 0 Å². The SMILES string of the molecule is CCNc1nc(C)cc(N(C)Cc2scnc2C)n1. The number of rotatable bonds is 5. The minimum Gasteiger partial charge on any atom is -0.354 e. The van der Waals surface area contributed by atoms with Crippen molar-refractivity contribution in [2.75, 3.05) is 23.8 Å². The predicted octanol–water partition coefficient (Wildman–Crippen LogP) is 2.62. The van der Waals surface area contributed by atoms with Gasteiger partial charge in [0.15, 0.2) is 0 Å². The average molecular weight is 277 g/mol. The van der Waals surface area contributed by atoms with Gasteiger partial charge in [0.2, 0.25) is 5.95 Å². The number of anilines is 2. The van der Waals surface area contributed by atoms with Crippen LogP contribution in [0.25, 0.3) is 0 Å². The Bertz CT molecular complexity index is 552. The van der Waals surface area contributed by atoms with Crippen molar-refractivity contribution in [1.82, 2.24) is 15.0 Å². The molecule has 2 rings (SSSR count). The zero-order valence-corrected chi connectivity index (χ0v) is 12.6. The van der Waals surface area contributed by atoms with Crippen LogP contribution in [-0.4, -0.2) is 28.5 Å². The van der Waals surface area contributed by atoms with Crippen molar-refractivity contribution >= 4 is 23.1 Å². The monoisotopic (exact) mass is 277 g/mol. The molecule has 19 heavy (non-hydrogen) atoms. The fourth-order valence-corrected chi connectivity index (χ4v) is 2.59. The van der Waals surface area contributed by atoms with Crippen molar-refractivity contribution < 1.29 is 0 Å². The highest BCUT2D eigenvalue weighted by atomic mass is 32.1. The van der Waals surface area contributed by atoms with Gasteiger partial charge in [0, 0.05) is 30.2 Å². The molecule has 0 atom stereocenters. The molecule has 0 bridgehead atoms. The summed E-state index contributed by atoms with van der Waals surface area (Å²) in [5.74, 6) is 1.61. The van der Waals surface area contributed by atoms with Crippen LogP contribution in [-0.2, 0) is 6.54 Å². The first kappa shape index (κ1) is 13.7. The van der Waals surface area contributed by atoms with Gasteiger partial charge in [-0.05, 0) is 20.8 Å². The molecular formula is C13H19N5S. The molecule has 2 heterocycles. The number of nitrogens with zero attached hydrogens (tertiary/aromatic N) is 4. The normalized spacial score (nSPS) is 10.5. The second-order valence-corrected chi connectivity index (χ2v) is 5.38. The van der Waals surface area contributed by atoms with E-state index in [9.17, 15) is 0 Å². The van der Waals surface area contributed by atoms with Gasteiger partial charge in [-0.2, -0.15) is 4.98 Å². The zero-order chi connectivity index (χ0) is 13.8. The van der Waals surface area contributed by atoms with Gasteiger partial charge in [0.25, 0.3) is 0 Å². The molecule has 0 aliphatic rings. The first-order chi connectivity index (χ1) is 9.10. The number of hydrogen-bond donors (Lipinski definition) is 1. The van der Waals surface area contributed by atoms with Crippen LogP contribution in [0, 0.1) is 13.8 Å². The Morgan fingerprint density at radius 3 is 2.74 bits per heavy atom. The summed E-state index contributed by atoms with van der Waals surface area (Å²) in [6, 6.07) is 2.00. The lowest BCUT2D eigenvalue weighted by Crippen LogP contribution is -2.19. The molecule has 0 unspecified atom stereocenters. The van der Waals surface area contributed by atoms with Crippen molar-refractivity contribution in [2.45, 2.75) is 27.3 Å².